The summed E-state index contributed by atoms with van der Waals surface area (Å²) in [4.78, 5) is 0. The first-order chi connectivity index (χ1) is 10.3. The molecule has 0 aliphatic carbocycles. The Morgan fingerprint density at radius 1 is 0.909 bits per heavy atom. The molecule has 0 aromatic heterocycles. The Morgan fingerprint density at radius 2 is 1.41 bits per heavy atom. The predicted octanol–water partition coefficient (Wildman–Crippen LogP) is 2.28. The number of rotatable bonds is 2. The smallest absolute Gasteiger partial charge is 0.137 e. The zero-order chi connectivity index (χ0) is 16.4. The highest BCUT2D eigenvalue weighted by Crippen LogP contribution is 2.24. The van der Waals surface area contributed by atoms with Crippen LogP contribution in [-0.4, -0.2) is 38.6 Å². The molecule has 7 heteroatoms. The molecule has 0 amide bonds. The van der Waals surface area contributed by atoms with E-state index in [2.05, 4.69) is 26.2 Å². The summed E-state index contributed by atoms with van der Waals surface area (Å²) >= 11 is 0. The topological polar surface area (TPSA) is 102 Å². The van der Waals surface area contributed by atoms with Crippen molar-refractivity contribution in [3.05, 3.63) is 30.3 Å². The Bertz CT molecular complexity index is 601. The first-order valence-electron chi connectivity index (χ1n) is 6.96. The molecule has 2 rings (SSSR count). The number of oxime groups is 2. The fourth-order valence-corrected chi connectivity index (χ4v) is 2.69. The van der Waals surface area contributed by atoms with E-state index < -0.39 is 11.1 Å². The van der Waals surface area contributed by atoms with E-state index in [9.17, 15) is 10.4 Å². The maximum atomic E-state index is 9.38. The number of benzene rings is 1. The Labute approximate surface area is 129 Å². The number of piperidine rings is 1. The predicted molar refractivity (Wildman–Crippen MR) is 87.2 cm³/mol. The van der Waals surface area contributed by atoms with Crippen LogP contribution in [0.25, 0.3) is 0 Å². The Hall–Kier alpha value is -2.41. The molecule has 7 nitrogen and oxygen atoms in total. The molecule has 1 fully saturated rings. The van der Waals surface area contributed by atoms with Crippen LogP contribution in [0.1, 0.15) is 27.7 Å². The van der Waals surface area contributed by atoms with Gasteiger partial charge in [-0.15, -0.1) is 0 Å². The van der Waals surface area contributed by atoms with E-state index >= 15 is 0 Å². The molecule has 1 saturated heterocycles. The first kappa shape index (κ1) is 16.0. The number of nitrogens with one attached hydrogen (secondary N) is 2. The Kier molecular flexibility index (Phi) is 4.18. The average Bonchev–Trinajstić information content (AvgIpc) is 2.44. The summed E-state index contributed by atoms with van der Waals surface area (Å²) < 4.78 is 0. The van der Waals surface area contributed by atoms with Crippen molar-refractivity contribution < 1.29 is 10.4 Å². The van der Waals surface area contributed by atoms with Crippen LogP contribution in [0.15, 0.2) is 45.7 Å². The monoisotopic (exact) mass is 303 g/mol. The second-order valence-electron chi connectivity index (χ2n) is 6.21. The zero-order valence-corrected chi connectivity index (χ0v) is 13.1. The van der Waals surface area contributed by atoms with Crippen molar-refractivity contribution in [2.75, 3.05) is 5.43 Å². The van der Waals surface area contributed by atoms with Gasteiger partial charge in [0.2, 0.25) is 0 Å². The molecule has 22 heavy (non-hydrogen) atoms. The fourth-order valence-electron chi connectivity index (χ4n) is 2.69. The maximum absolute atomic E-state index is 9.38. The van der Waals surface area contributed by atoms with E-state index in [-0.39, 0.29) is 0 Å². The van der Waals surface area contributed by atoms with Crippen LogP contribution in [0.3, 0.4) is 0 Å². The second kappa shape index (κ2) is 5.76. The van der Waals surface area contributed by atoms with Crippen LogP contribution < -0.4 is 10.7 Å². The van der Waals surface area contributed by atoms with Gasteiger partial charge in [0.1, 0.15) is 17.1 Å². The van der Waals surface area contributed by atoms with Crippen LogP contribution in [0.2, 0.25) is 0 Å². The number of nitrogens with zero attached hydrogens (tertiary/aromatic N) is 3. The van der Waals surface area contributed by atoms with Crippen LogP contribution in [0.4, 0.5) is 5.69 Å². The quantitative estimate of drug-likeness (QED) is 0.497. The van der Waals surface area contributed by atoms with E-state index in [4.69, 9.17) is 0 Å². The molecule has 0 bridgehead atoms. The van der Waals surface area contributed by atoms with E-state index in [1.165, 1.54) is 0 Å². The molecule has 4 N–H and O–H groups in total. The van der Waals surface area contributed by atoms with E-state index in [1.807, 2.05) is 58.0 Å². The van der Waals surface area contributed by atoms with E-state index in [1.54, 1.807) is 0 Å². The van der Waals surface area contributed by atoms with Crippen molar-refractivity contribution in [3.8, 4) is 0 Å². The number of hydrogen-bond acceptors (Lipinski definition) is 7. The van der Waals surface area contributed by atoms with Gasteiger partial charge in [-0.1, -0.05) is 28.5 Å². The zero-order valence-electron chi connectivity index (χ0n) is 13.1. The molecule has 0 saturated carbocycles. The molecule has 118 valence electrons. The molecular weight excluding hydrogens is 282 g/mol. The molecule has 0 atom stereocenters. The molecule has 1 aliphatic rings. The van der Waals surface area contributed by atoms with Crippen molar-refractivity contribution in [3.63, 3.8) is 0 Å². The number of hydrazone groups is 1. The highest BCUT2D eigenvalue weighted by molar-refractivity contribution is 6.72. The van der Waals surface area contributed by atoms with Crippen molar-refractivity contribution in [2.24, 2.45) is 15.4 Å². The van der Waals surface area contributed by atoms with Crippen LogP contribution >= 0.6 is 0 Å². The van der Waals surface area contributed by atoms with E-state index in [0.717, 1.165) is 5.69 Å². The largest absolute Gasteiger partial charge is 0.411 e. The van der Waals surface area contributed by atoms with Crippen LogP contribution in [0.5, 0.6) is 0 Å². The Balaban J connectivity index is 2.47. The molecule has 0 radical (unpaired) electrons. The fraction of sp³-hybridized carbons (Fsp3) is 0.400. The SMILES string of the molecule is CC1(C)NC(C)(C)/C(=N/O)C(=NNc2ccccc2)/C1=N\O. The second-order valence-corrected chi connectivity index (χ2v) is 6.21. The molecule has 0 spiro atoms. The Morgan fingerprint density at radius 3 is 1.86 bits per heavy atom. The normalized spacial score (nSPS) is 23.5. The van der Waals surface area contributed by atoms with Gasteiger partial charge in [-0.05, 0) is 39.8 Å². The average molecular weight is 303 g/mol. The van der Waals surface area contributed by atoms with Crippen LogP contribution in [-0.2, 0) is 0 Å². The van der Waals surface area contributed by atoms with Gasteiger partial charge in [0, 0.05) is 0 Å². The minimum Gasteiger partial charge on any atom is -0.411 e. The number of hydrogen-bond donors (Lipinski definition) is 4. The standard InChI is InChI=1S/C15H21N5O2/c1-14(2)12(18-21)11(13(19-22)15(3,4)20-14)17-16-10-8-6-5-7-9-10/h5-9,16,20-22H,1-4H3/b18-12+,19-13+. The summed E-state index contributed by atoms with van der Waals surface area (Å²) in [5.74, 6) is 0. The van der Waals surface area contributed by atoms with Crippen molar-refractivity contribution in [1.82, 2.24) is 5.32 Å². The molecule has 1 aromatic carbocycles. The summed E-state index contributed by atoms with van der Waals surface area (Å²) in [5, 5.41) is 33.0. The molecule has 1 heterocycles. The highest BCUT2D eigenvalue weighted by Gasteiger charge is 2.47. The van der Waals surface area contributed by atoms with Gasteiger partial charge < -0.3 is 10.4 Å². The summed E-state index contributed by atoms with van der Waals surface area (Å²) in [6.45, 7) is 7.48. The van der Waals surface area contributed by atoms with Crippen molar-refractivity contribution in [2.45, 2.75) is 38.8 Å². The lowest BCUT2D eigenvalue weighted by atomic mass is 9.78. The molecule has 1 aromatic rings. The van der Waals surface area contributed by atoms with E-state index in [0.29, 0.717) is 17.1 Å². The third-order valence-corrected chi connectivity index (χ3v) is 3.53. The van der Waals surface area contributed by atoms with Gasteiger partial charge in [0.15, 0.2) is 0 Å². The van der Waals surface area contributed by atoms with Gasteiger partial charge in [-0.25, -0.2) is 0 Å². The van der Waals surface area contributed by atoms with Gasteiger partial charge in [-0.3, -0.25) is 10.7 Å². The molecule has 0 unspecified atom stereocenters. The summed E-state index contributed by atoms with van der Waals surface area (Å²) in [6, 6.07) is 9.36. The van der Waals surface area contributed by atoms with Crippen LogP contribution in [0, 0.1) is 0 Å². The summed E-state index contributed by atoms with van der Waals surface area (Å²) in [5.41, 5.74) is 3.30. The minimum atomic E-state index is -0.635. The van der Waals surface area contributed by atoms with Gasteiger partial charge >= 0.3 is 0 Å². The van der Waals surface area contributed by atoms with Gasteiger partial charge in [0.05, 0.1) is 16.8 Å². The lowest BCUT2D eigenvalue weighted by Crippen LogP contribution is -2.69. The maximum Gasteiger partial charge on any atom is 0.137 e. The van der Waals surface area contributed by atoms with Crippen molar-refractivity contribution in [1.29, 1.82) is 0 Å². The van der Waals surface area contributed by atoms with Crippen molar-refractivity contribution >= 4 is 22.8 Å². The lowest BCUT2D eigenvalue weighted by Gasteiger charge is -2.43. The summed E-state index contributed by atoms with van der Waals surface area (Å²) in [7, 11) is 0. The highest BCUT2D eigenvalue weighted by atomic mass is 16.4. The third kappa shape index (κ3) is 2.94. The third-order valence-electron chi connectivity index (χ3n) is 3.53. The number of anilines is 1. The molecular formula is C15H21N5O2. The van der Waals surface area contributed by atoms with Gasteiger partial charge in [-0.2, -0.15) is 5.10 Å². The first-order valence-corrected chi connectivity index (χ1v) is 6.96. The number of para-hydroxylation sites is 1. The van der Waals surface area contributed by atoms with Gasteiger partial charge in [0.25, 0.3) is 0 Å². The minimum absolute atomic E-state index is 0.294. The molecule has 1 aliphatic heterocycles. The lowest BCUT2D eigenvalue weighted by molar-refractivity contribution is 0.297. The summed E-state index contributed by atoms with van der Waals surface area (Å²) in [6.07, 6.45) is 0.